The van der Waals surface area contributed by atoms with E-state index in [9.17, 15) is 4.79 Å². The van der Waals surface area contributed by atoms with Crippen LogP contribution < -0.4 is 16.0 Å². The van der Waals surface area contributed by atoms with Gasteiger partial charge >= 0.3 is 0 Å². The summed E-state index contributed by atoms with van der Waals surface area (Å²) in [5, 5.41) is 9.85. The van der Waals surface area contributed by atoms with Gasteiger partial charge in [-0.1, -0.05) is 19.1 Å². The molecule has 7 heteroatoms. The number of halogens is 1. The third kappa shape index (κ3) is 6.07. The second kappa shape index (κ2) is 11.0. The largest absolute Gasteiger partial charge is 0.373 e. The average molecular weight is 500 g/mol. The molecule has 28 heavy (non-hydrogen) atoms. The summed E-state index contributed by atoms with van der Waals surface area (Å²) in [5.41, 5.74) is 1.70. The number of amides is 1. The number of carbonyl (C=O) groups is 1. The molecule has 1 amide bonds. The molecule has 0 aromatic heterocycles. The lowest BCUT2D eigenvalue weighted by Gasteiger charge is -2.22. The van der Waals surface area contributed by atoms with Gasteiger partial charge in [0.25, 0.3) is 5.91 Å². The molecule has 0 radical (unpaired) electrons. The molecule has 2 aliphatic heterocycles. The maximum atomic E-state index is 12.3. The van der Waals surface area contributed by atoms with Gasteiger partial charge in [0.05, 0.1) is 24.8 Å². The van der Waals surface area contributed by atoms with Crippen molar-refractivity contribution in [3.63, 3.8) is 0 Å². The Morgan fingerprint density at radius 1 is 1.32 bits per heavy atom. The highest BCUT2D eigenvalue weighted by atomic mass is 127. The summed E-state index contributed by atoms with van der Waals surface area (Å²) in [6.07, 6.45) is 5.01. The maximum Gasteiger partial charge on any atom is 0.251 e. The van der Waals surface area contributed by atoms with Crippen LogP contribution in [0.5, 0.6) is 0 Å². The van der Waals surface area contributed by atoms with Gasteiger partial charge in [0.2, 0.25) is 0 Å². The van der Waals surface area contributed by atoms with Crippen LogP contribution >= 0.6 is 24.0 Å². The summed E-state index contributed by atoms with van der Waals surface area (Å²) in [6.45, 7) is 7.48. The van der Waals surface area contributed by atoms with E-state index in [2.05, 4.69) is 29.8 Å². The Bertz CT molecular complexity index is 682. The van der Waals surface area contributed by atoms with Crippen LogP contribution in [0.15, 0.2) is 29.3 Å². The van der Waals surface area contributed by atoms with Gasteiger partial charge in [-0.25, -0.2) is 4.99 Å². The van der Waals surface area contributed by atoms with E-state index in [0.717, 1.165) is 37.3 Å². The molecular weight excluding hydrogens is 467 g/mol. The molecule has 2 aliphatic rings. The Hall–Kier alpha value is -1.35. The van der Waals surface area contributed by atoms with Gasteiger partial charge in [0.1, 0.15) is 0 Å². The lowest BCUT2D eigenvalue weighted by molar-refractivity contribution is 0.0939. The highest BCUT2D eigenvalue weighted by molar-refractivity contribution is 14.0. The fraction of sp³-hybridized carbons (Fsp3) is 0.619. The zero-order chi connectivity index (χ0) is 19.2. The zero-order valence-electron chi connectivity index (χ0n) is 17.0. The Morgan fingerprint density at radius 3 is 2.79 bits per heavy atom. The first-order valence-corrected chi connectivity index (χ1v) is 10.2. The van der Waals surface area contributed by atoms with Gasteiger partial charge in [0, 0.05) is 18.2 Å². The van der Waals surface area contributed by atoms with Crippen molar-refractivity contribution in [2.75, 3.05) is 6.54 Å². The van der Waals surface area contributed by atoms with Crippen molar-refractivity contribution < 1.29 is 9.53 Å². The van der Waals surface area contributed by atoms with E-state index in [1.807, 2.05) is 31.2 Å². The van der Waals surface area contributed by atoms with Gasteiger partial charge in [-0.05, 0) is 57.2 Å². The molecule has 0 saturated carbocycles. The van der Waals surface area contributed by atoms with Crippen LogP contribution in [0.25, 0.3) is 0 Å². The Balaban J connectivity index is 0.00000280. The smallest absolute Gasteiger partial charge is 0.251 e. The van der Waals surface area contributed by atoms with Crippen molar-refractivity contribution >= 4 is 35.8 Å². The third-order valence-corrected chi connectivity index (χ3v) is 5.37. The van der Waals surface area contributed by atoms with Gasteiger partial charge in [-0.2, -0.15) is 0 Å². The van der Waals surface area contributed by atoms with Crippen molar-refractivity contribution in [3.05, 3.63) is 35.4 Å². The van der Waals surface area contributed by atoms with Crippen molar-refractivity contribution in [3.8, 4) is 0 Å². The Morgan fingerprint density at radius 2 is 2.14 bits per heavy atom. The van der Waals surface area contributed by atoms with Crippen molar-refractivity contribution in [2.24, 2.45) is 4.99 Å². The monoisotopic (exact) mass is 500 g/mol. The third-order valence-electron chi connectivity index (χ3n) is 5.37. The van der Waals surface area contributed by atoms with E-state index in [4.69, 9.17) is 9.73 Å². The summed E-state index contributed by atoms with van der Waals surface area (Å²) >= 11 is 0. The quantitative estimate of drug-likeness (QED) is 0.306. The molecule has 4 unspecified atom stereocenters. The number of rotatable bonds is 7. The van der Waals surface area contributed by atoms with Crippen LogP contribution in [0.4, 0.5) is 0 Å². The fourth-order valence-corrected chi connectivity index (χ4v) is 3.68. The molecule has 3 N–H and O–H groups in total. The number of ether oxygens (including phenoxy) is 1. The normalized spacial score (nSPS) is 24.4. The zero-order valence-corrected chi connectivity index (χ0v) is 19.4. The van der Waals surface area contributed by atoms with E-state index in [-0.39, 0.29) is 35.9 Å². The molecule has 156 valence electrons. The molecule has 2 heterocycles. The number of hydrogen-bond donors (Lipinski definition) is 3. The molecule has 4 atom stereocenters. The average Bonchev–Trinajstić information content (AvgIpc) is 3.29. The van der Waals surface area contributed by atoms with Crippen LogP contribution in [0.2, 0.25) is 0 Å². The lowest BCUT2D eigenvalue weighted by Crippen LogP contribution is -2.47. The molecule has 2 bridgehead atoms. The predicted molar refractivity (Wildman–Crippen MR) is 123 cm³/mol. The molecule has 2 saturated heterocycles. The number of hydrogen-bond acceptors (Lipinski definition) is 3. The minimum atomic E-state index is -0.0284. The molecule has 2 fully saturated rings. The predicted octanol–water partition coefficient (Wildman–Crippen LogP) is 3.21. The standard InChI is InChI=1S/C21H32N4O2.HI/c1-4-14(3)24-20(26)16-8-6-7-15(11-16)13-23-21(22-5-2)25-18-12-17-9-10-19(18)27-17;/h6-8,11,14,17-19H,4-5,9-10,12-13H2,1-3H3,(H,24,26)(H2,22,23,25);1H. The fourth-order valence-electron chi connectivity index (χ4n) is 3.68. The van der Waals surface area contributed by atoms with E-state index in [1.54, 1.807) is 0 Å². The first-order valence-electron chi connectivity index (χ1n) is 10.2. The van der Waals surface area contributed by atoms with E-state index in [1.165, 1.54) is 6.42 Å². The summed E-state index contributed by atoms with van der Waals surface area (Å²) in [5.74, 6) is 0.785. The lowest BCUT2D eigenvalue weighted by atomic mass is 9.96. The first-order chi connectivity index (χ1) is 13.1. The highest BCUT2D eigenvalue weighted by Gasteiger charge is 2.41. The van der Waals surface area contributed by atoms with E-state index in [0.29, 0.717) is 30.4 Å². The molecule has 1 aromatic carbocycles. The molecular formula is C21H33IN4O2. The van der Waals surface area contributed by atoms with Gasteiger partial charge in [-0.15, -0.1) is 24.0 Å². The number of fused-ring (bicyclic) bond motifs is 2. The van der Waals surface area contributed by atoms with Gasteiger partial charge < -0.3 is 20.7 Å². The molecule has 6 nitrogen and oxygen atoms in total. The second-order valence-electron chi connectivity index (χ2n) is 7.54. The highest BCUT2D eigenvalue weighted by Crippen LogP contribution is 2.34. The number of nitrogens with zero attached hydrogens (tertiary/aromatic N) is 1. The summed E-state index contributed by atoms with van der Waals surface area (Å²) in [7, 11) is 0. The van der Waals surface area contributed by atoms with Crippen LogP contribution in [0.1, 0.15) is 62.4 Å². The summed E-state index contributed by atoms with van der Waals surface area (Å²) in [4.78, 5) is 17.0. The molecule has 3 rings (SSSR count). The van der Waals surface area contributed by atoms with E-state index < -0.39 is 0 Å². The SMILES string of the molecule is CCNC(=NCc1cccc(C(=O)NC(C)CC)c1)NC1CC2CCC1O2.I. The van der Waals surface area contributed by atoms with Crippen molar-refractivity contribution in [1.82, 2.24) is 16.0 Å². The number of nitrogens with one attached hydrogen (secondary N) is 3. The summed E-state index contributed by atoms with van der Waals surface area (Å²) < 4.78 is 5.92. The number of benzene rings is 1. The number of guanidine groups is 1. The molecule has 0 spiro atoms. The molecule has 0 aliphatic carbocycles. The number of aliphatic imine (C=N–C) groups is 1. The Kier molecular flexibility index (Phi) is 9.01. The second-order valence-corrected chi connectivity index (χ2v) is 7.54. The number of carbonyl (C=O) groups excluding carboxylic acids is 1. The van der Waals surface area contributed by atoms with Gasteiger partial charge in [0.15, 0.2) is 5.96 Å². The van der Waals surface area contributed by atoms with Crippen LogP contribution in [0, 0.1) is 0 Å². The van der Waals surface area contributed by atoms with Crippen LogP contribution in [-0.2, 0) is 11.3 Å². The minimum absolute atomic E-state index is 0. The maximum absolute atomic E-state index is 12.3. The topological polar surface area (TPSA) is 74.8 Å². The molecule has 1 aromatic rings. The van der Waals surface area contributed by atoms with Crippen LogP contribution in [0.3, 0.4) is 0 Å². The van der Waals surface area contributed by atoms with Gasteiger partial charge in [-0.3, -0.25) is 4.79 Å². The summed E-state index contributed by atoms with van der Waals surface area (Å²) in [6, 6.07) is 8.21. The van der Waals surface area contributed by atoms with E-state index >= 15 is 0 Å². The van der Waals surface area contributed by atoms with Crippen molar-refractivity contribution in [1.29, 1.82) is 0 Å². The first kappa shape index (κ1) is 22.9. The van der Waals surface area contributed by atoms with Crippen LogP contribution in [-0.4, -0.2) is 42.7 Å². The van der Waals surface area contributed by atoms with Crippen molar-refractivity contribution in [2.45, 2.75) is 77.3 Å². The minimum Gasteiger partial charge on any atom is -0.373 e. The Labute approximate surface area is 185 Å².